The zero-order chi connectivity index (χ0) is 14.3. The predicted molar refractivity (Wildman–Crippen MR) is 74.2 cm³/mol. The summed E-state index contributed by atoms with van der Waals surface area (Å²) in [6, 6.07) is 3.43. The first-order valence-electron chi connectivity index (χ1n) is 5.43. The number of nitrogens with zero attached hydrogens (tertiary/aromatic N) is 2. The number of amides is 1. The second-order valence-corrected chi connectivity index (χ2v) is 4.77. The first-order valence-corrected chi connectivity index (χ1v) is 6.24. The van der Waals surface area contributed by atoms with E-state index < -0.39 is 6.09 Å². The fraction of sp³-hybridized carbons (Fsp3) is 0. The minimum absolute atomic E-state index is 0.0655. The number of primary amides is 1. The summed E-state index contributed by atoms with van der Waals surface area (Å²) in [6.07, 6.45) is 0.548. The second kappa shape index (κ2) is 4.38. The van der Waals surface area contributed by atoms with Crippen LogP contribution < -0.4 is 21.9 Å². The Morgan fingerprint density at radius 1 is 1.35 bits per heavy atom. The molecule has 0 aliphatic carbocycles. The zero-order valence-corrected chi connectivity index (χ0v) is 10.8. The van der Waals surface area contributed by atoms with Crippen LogP contribution in [-0.2, 0) is 0 Å². The highest BCUT2D eigenvalue weighted by Crippen LogP contribution is 2.43. The van der Waals surface area contributed by atoms with Gasteiger partial charge in [0.2, 0.25) is 11.0 Å². The van der Waals surface area contributed by atoms with Gasteiger partial charge in [0.1, 0.15) is 10.5 Å². The van der Waals surface area contributed by atoms with Crippen LogP contribution in [0.1, 0.15) is 0 Å². The number of rotatable bonds is 2. The Hall–Kier alpha value is -2.81. The van der Waals surface area contributed by atoms with Crippen molar-refractivity contribution in [1.29, 1.82) is 0 Å². The Morgan fingerprint density at radius 3 is 2.80 bits per heavy atom. The molecule has 0 aromatic carbocycles. The first kappa shape index (κ1) is 12.2. The molecule has 3 rings (SSSR count). The largest absolute Gasteiger partial charge is 0.463 e. The molecule has 1 amide bonds. The fourth-order valence-corrected chi connectivity index (χ4v) is 2.74. The van der Waals surface area contributed by atoms with Gasteiger partial charge in [0.25, 0.3) is 0 Å². The number of hydrogen-bond acceptors (Lipinski definition) is 8. The van der Waals surface area contributed by atoms with E-state index in [0.29, 0.717) is 21.7 Å². The maximum absolute atomic E-state index is 10.9. The van der Waals surface area contributed by atoms with Gasteiger partial charge in [-0.3, -0.25) is 0 Å². The molecule has 0 bridgehead atoms. The number of furan rings is 1. The monoisotopic (exact) mass is 291 g/mol. The summed E-state index contributed by atoms with van der Waals surface area (Å²) in [5, 5.41) is 0.663. The Balaban J connectivity index is 2.29. The SMILES string of the molecule is NC(=O)Oc1sc2nc(N)nc(-c3ccco3)c2c1N. The third kappa shape index (κ3) is 1.89. The summed E-state index contributed by atoms with van der Waals surface area (Å²) in [7, 11) is 0. The van der Waals surface area contributed by atoms with Gasteiger partial charge in [0.15, 0.2) is 5.76 Å². The van der Waals surface area contributed by atoms with E-state index in [9.17, 15) is 4.79 Å². The van der Waals surface area contributed by atoms with Crippen molar-refractivity contribution in [2.24, 2.45) is 5.73 Å². The van der Waals surface area contributed by atoms with E-state index in [1.165, 1.54) is 6.26 Å². The number of nitrogens with two attached hydrogens (primary N) is 3. The smallest absolute Gasteiger partial charge is 0.410 e. The summed E-state index contributed by atoms with van der Waals surface area (Å²) in [5.74, 6) is 0.551. The Bertz CT molecular complexity index is 796. The van der Waals surface area contributed by atoms with Crippen LogP contribution in [-0.4, -0.2) is 16.1 Å². The molecule has 0 atom stereocenters. The van der Waals surface area contributed by atoms with E-state index in [-0.39, 0.29) is 16.7 Å². The van der Waals surface area contributed by atoms with Gasteiger partial charge in [-0.05, 0) is 12.1 Å². The molecule has 6 N–H and O–H groups in total. The molecule has 0 fully saturated rings. The van der Waals surface area contributed by atoms with Crippen LogP contribution in [0.4, 0.5) is 16.4 Å². The van der Waals surface area contributed by atoms with Crippen LogP contribution in [0.15, 0.2) is 22.8 Å². The van der Waals surface area contributed by atoms with Gasteiger partial charge in [-0.2, -0.15) is 0 Å². The Labute approximate surface area is 116 Å². The van der Waals surface area contributed by atoms with E-state index in [1.54, 1.807) is 12.1 Å². The summed E-state index contributed by atoms with van der Waals surface area (Å²) >= 11 is 1.06. The number of aromatic nitrogens is 2. The minimum Gasteiger partial charge on any atom is -0.463 e. The van der Waals surface area contributed by atoms with Crippen molar-refractivity contribution in [3.8, 4) is 16.5 Å². The number of hydrogen-bond donors (Lipinski definition) is 3. The molecule has 3 aromatic heterocycles. The number of carbonyl (C=O) groups excluding carboxylic acids is 1. The van der Waals surface area contributed by atoms with E-state index in [2.05, 4.69) is 9.97 Å². The van der Waals surface area contributed by atoms with Crippen molar-refractivity contribution in [2.75, 3.05) is 11.5 Å². The summed E-state index contributed by atoms with van der Waals surface area (Å²) < 4.78 is 10.1. The second-order valence-electron chi connectivity index (χ2n) is 3.81. The summed E-state index contributed by atoms with van der Waals surface area (Å²) in [5.41, 5.74) is 17.3. The predicted octanol–water partition coefficient (Wildman–Crippen LogP) is 1.57. The van der Waals surface area contributed by atoms with Crippen molar-refractivity contribution in [1.82, 2.24) is 9.97 Å². The molecule has 0 aliphatic heterocycles. The molecule has 0 saturated carbocycles. The average molecular weight is 291 g/mol. The van der Waals surface area contributed by atoms with Crippen LogP contribution in [0.25, 0.3) is 21.7 Å². The van der Waals surface area contributed by atoms with E-state index in [0.717, 1.165) is 11.3 Å². The number of ether oxygens (including phenoxy) is 1. The van der Waals surface area contributed by atoms with Crippen LogP contribution in [0.2, 0.25) is 0 Å². The highest BCUT2D eigenvalue weighted by Gasteiger charge is 2.20. The molecule has 20 heavy (non-hydrogen) atoms. The quantitative estimate of drug-likeness (QED) is 0.650. The number of thiophene rings is 1. The topological polar surface area (TPSA) is 143 Å². The number of carbonyl (C=O) groups is 1. The molecule has 0 unspecified atom stereocenters. The molecule has 0 aliphatic rings. The molecule has 9 heteroatoms. The van der Waals surface area contributed by atoms with Crippen molar-refractivity contribution in [3.05, 3.63) is 18.4 Å². The van der Waals surface area contributed by atoms with Crippen molar-refractivity contribution < 1.29 is 13.9 Å². The Kier molecular flexibility index (Phi) is 2.68. The average Bonchev–Trinajstić information content (AvgIpc) is 2.98. The molecular formula is C11H9N5O3S. The van der Waals surface area contributed by atoms with E-state index in [4.69, 9.17) is 26.4 Å². The molecule has 3 heterocycles. The number of nitrogen functional groups attached to an aromatic ring is 2. The number of anilines is 2. The maximum atomic E-state index is 10.9. The third-order valence-corrected chi connectivity index (χ3v) is 3.50. The van der Waals surface area contributed by atoms with Crippen molar-refractivity contribution in [3.63, 3.8) is 0 Å². The van der Waals surface area contributed by atoms with Crippen molar-refractivity contribution >= 4 is 39.3 Å². The third-order valence-electron chi connectivity index (χ3n) is 2.52. The van der Waals surface area contributed by atoms with Crippen LogP contribution in [0.5, 0.6) is 5.06 Å². The van der Waals surface area contributed by atoms with Crippen LogP contribution in [0, 0.1) is 0 Å². The van der Waals surface area contributed by atoms with Gasteiger partial charge in [-0.1, -0.05) is 11.3 Å². The van der Waals surface area contributed by atoms with Gasteiger partial charge < -0.3 is 26.4 Å². The molecule has 3 aromatic rings. The molecule has 0 saturated heterocycles. The maximum Gasteiger partial charge on any atom is 0.410 e. The van der Waals surface area contributed by atoms with Gasteiger partial charge in [-0.15, -0.1) is 0 Å². The lowest BCUT2D eigenvalue weighted by Crippen LogP contribution is -2.16. The Morgan fingerprint density at radius 2 is 2.15 bits per heavy atom. The normalized spacial score (nSPS) is 10.8. The highest BCUT2D eigenvalue weighted by molar-refractivity contribution is 7.21. The molecule has 0 spiro atoms. The summed E-state index contributed by atoms with van der Waals surface area (Å²) in [6.45, 7) is 0. The van der Waals surface area contributed by atoms with Crippen LogP contribution in [0.3, 0.4) is 0 Å². The number of fused-ring (bicyclic) bond motifs is 1. The van der Waals surface area contributed by atoms with Gasteiger partial charge in [0, 0.05) is 0 Å². The molecule has 8 nitrogen and oxygen atoms in total. The van der Waals surface area contributed by atoms with Crippen LogP contribution >= 0.6 is 11.3 Å². The minimum atomic E-state index is -0.955. The first-order chi connectivity index (χ1) is 9.56. The molecule has 102 valence electrons. The molecule has 0 radical (unpaired) electrons. The fourth-order valence-electron chi connectivity index (χ4n) is 1.78. The standard InChI is InChI=1S/C11H9N5O3S/c12-6-5-7(4-2-1-3-18-4)15-10(13)16-8(5)20-9(6)19-11(14)17/h1-3H,12H2,(H2,14,17)(H2,13,15,16). The highest BCUT2D eigenvalue weighted by atomic mass is 32.1. The lowest BCUT2D eigenvalue weighted by Gasteiger charge is -2.01. The van der Waals surface area contributed by atoms with Crippen molar-refractivity contribution in [2.45, 2.75) is 0 Å². The van der Waals surface area contributed by atoms with Gasteiger partial charge in [-0.25, -0.2) is 14.8 Å². The lowest BCUT2D eigenvalue weighted by molar-refractivity contribution is 0.212. The summed E-state index contributed by atoms with van der Waals surface area (Å²) in [4.78, 5) is 19.5. The van der Waals surface area contributed by atoms with E-state index in [1.807, 2.05) is 0 Å². The molecular weight excluding hydrogens is 282 g/mol. The lowest BCUT2D eigenvalue weighted by atomic mass is 10.2. The van der Waals surface area contributed by atoms with Gasteiger partial charge >= 0.3 is 6.09 Å². The van der Waals surface area contributed by atoms with E-state index >= 15 is 0 Å². The zero-order valence-electron chi connectivity index (χ0n) is 9.99. The van der Waals surface area contributed by atoms with Gasteiger partial charge in [0.05, 0.1) is 17.3 Å².